The predicted molar refractivity (Wildman–Crippen MR) is 81.6 cm³/mol. The van der Waals surface area contributed by atoms with E-state index in [1.54, 1.807) is 7.05 Å². The summed E-state index contributed by atoms with van der Waals surface area (Å²) in [4.78, 5) is 13.2. The highest BCUT2D eigenvalue weighted by atomic mass is 19.2. The van der Waals surface area contributed by atoms with E-state index in [0.29, 0.717) is 18.7 Å². The average molecular weight is 314 g/mol. The quantitative estimate of drug-likeness (QED) is 0.904. The fraction of sp³-hybridized carbons (Fsp3) is 0.562. The van der Waals surface area contributed by atoms with Crippen molar-refractivity contribution in [2.75, 3.05) is 20.1 Å². The molecule has 0 spiro atoms. The lowest BCUT2D eigenvalue weighted by Gasteiger charge is -2.25. The van der Waals surface area contributed by atoms with Crippen LogP contribution >= 0.6 is 0 Å². The number of hydrogen-bond donors (Lipinski definition) is 1. The van der Waals surface area contributed by atoms with E-state index >= 15 is 0 Å². The third-order valence-corrected chi connectivity index (χ3v) is 3.05. The van der Waals surface area contributed by atoms with Crippen molar-refractivity contribution >= 4 is 6.09 Å². The van der Waals surface area contributed by atoms with Gasteiger partial charge in [-0.05, 0) is 45.4 Å². The summed E-state index contributed by atoms with van der Waals surface area (Å²) in [6, 6.07) is 3.66. The Morgan fingerprint density at radius 1 is 1.32 bits per heavy atom. The molecule has 0 aliphatic heterocycles. The highest BCUT2D eigenvalue weighted by Crippen LogP contribution is 2.15. The third kappa shape index (κ3) is 5.97. The smallest absolute Gasteiger partial charge is 0.410 e. The van der Waals surface area contributed by atoms with Gasteiger partial charge in [0.05, 0.1) is 0 Å². The summed E-state index contributed by atoms with van der Waals surface area (Å²) in [5, 5.41) is 3.16. The summed E-state index contributed by atoms with van der Waals surface area (Å²) in [7, 11) is 1.65. The molecule has 1 aromatic rings. The summed E-state index contributed by atoms with van der Waals surface area (Å²) in [6.45, 7) is 8.23. The summed E-state index contributed by atoms with van der Waals surface area (Å²) < 4.78 is 31.3. The van der Waals surface area contributed by atoms with Gasteiger partial charge in [0.25, 0.3) is 0 Å². The zero-order chi connectivity index (χ0) is 16.9. The maximum atomic E-state index is 13.2. The molecular formula is C16H24F2N2O2. The first-order valence-electron chi connectivity index (χ1n) is 7.22. The molecule has 0 fully saturated rings. The Hall–Kier alpha value is -1.69. The van der Waals surface area contributed by atoms with Gasteiger partial charge in [0.2, 0.25) is 0 Å². The van der Waals surface area contributed by atoms with Gasteiger partial charge in [-0.2, -0.15) is 0 Å². The number of likely N-dealkylation sites (N-methyl/N-ethyl adjacent to an activating group) is 1. The topological polar surface area (TPSA) is 41.6 Å². The molecular weight excluding hydrogens is 290 g/mol. The number of hydrogen-bond acceptors (Lipinski definition) is 3. The number of rotatable bonds is 5. The Balaban J connectivity index is 2.43. The van der Waals surface area contributed by atoms with Crippen LogP contribution in [0, 0.1) is 11.6 Å². The highest BCUT2D eigenvalue weighted by molar-refractivity contribution is 5.67. The molecule has 0 aliphatic carbocycles. The Morgan fingerprint density at radius 2 is 1.95 bits per heavy atom. The molecule has 4 nitrogen and oxygen atoms in total. The Morgan fingerprint density at radius 3 is 2.50 bits per heavy atom. The predicted octanol–water partition coefficient (Wildman–Crippen LogP) is 3.48. The van der Waals surface area contributed by atoms with Gasteiger partial charge in [0.1, 0.15) is 5.60 Å². The summed E-state index contributed by atoms with van der Waals surface area (Å²) in [6.07, 6.45) is -0.394. The van der Waals surface area contributed by atoms with E-state index in [0.717, 1.165) is 6.07 Å². The van der Waals surface area contributed by atoms with Crippen LogP contribution in [-0.4, -0.2) is 36.7 Å². The van der Waals surface area contributed by atoms with Crippen molar-refractivity contribution in [3.05, 3.63) is 35.4 Å². The van der Waals surface area contributed by atoms with E-state index < -0.39 is 23.3 Å². The van der Waals surface area contributed by atoms with Crippen LogP contribution in [-0.2, 0) is 4.74 Å². The van der Waals surface area contributed by atoms with Gasteiger partial charge < -0.3 is 15.0 Å². The lowest BCUT2D eigenvalue weighted by atomic mass is 10.1. The maximum Gasteiger partial charge on any atom is 0.410 e. The number of halogens is 2. The molecule has 0 heterocycles. The lowest BCUT2D eigenvalue weighted by molar-refractivity contribution is 0.0299. The van der Waals surface area contributed by atoms with E-state index in [1.807, 2.05) is 27.7 Å². The molecule has 0 saturated carbocycles. The monoisotopic (exact) mass is 314 g/mol. The Kier molecular flexibility index (Phi) is 6.29. The van der Waals surface area contributed by atoms with Crippen molar-refractivity contribution in [1.29, 1.82) is 0 Å². The van der Waals surface area contributed by atoms with Gasteiger partial charge in [-0.1, -0.05) is 6.07 Å². The molecule has 1 atom stereocenters. The van der Waals surface area contributed by atoms with Crippen molar-refractivity contribution in [2.45, 2.75) is 39.3 Å². The van der Waals surface area contributed by atoms with Crippen molar-refractivity contribution in [3.63, 3.8) is 0 Å². The number of nitrogens with one attached hydrogen (secondary N) is 1. The maximum absolute atomic E-state index is 13.2. The molecule has 1 unspecified atom stereocenters. The fourth-order valence-electron chi connectivity index (χ4n) is 1.78. The second-order valence-corrected chi connectivity index (χ2v) is 6.25. The van der Waals surface area contributed by atoms with E-state index in [1.165, 1.54) is 17.0 Å². The minimum Gasteiger partial charge on any atom is -0.444 e. The summed E-state index contributed by atoms with van der Waals surface area (Å²) in [5.74, 6) is -1.72. The highest BCUT2D eigenvalue weighted by Gasteiger charge is 2.19. The largest absolute Gasteiger partial charge is 0.444 e. The number of benzene rings is 1. The van der Waals surface area contributed by atoms with Gasteiger partial charge in [0, 0.05) is 26.2 Å². The molecule has 124 valence electrons. The fourth-order valence-corrected chi connectivity index (χ4v) is 1.78. The molecule has 0 aromatic heterocycles. The molecule has 0 aliphatic rings. The number of nitrogens with zero attached hydrogens (tertiary/aromatic N) is 1. The molecule has 0 bridgehead atoms. The normalized spacial score (nSPS) is 12.9. The molecule has 1 amide bonds. The van der Waals surface area contributed by atoms with Gasteiger partial charge in [-0.15, -0.1) is 0 Å². The minimum absolute atomic E-state index is 0.151. The molecule has 1 rings (SSSR count). The number of carbonyl (C=O) groups excluding carboxylic acids is 1. The first-order valence-corrected chi connectivity index (χ1v) is 7.22. The lowest BCUT2D eigenvalue weighted by Crippen LogP contribution is -2.38. The van der Waals surface area contributed by atoms with Crippen LogP contribution in [0.15, 0.2) is 18.2 Å². The van der Waals surface area contributed by atoms with Crippen LogP contribution in [0.1, 0.15) is 39.3 Å². The van der Waals surface area contributed by atoms with Crippen LogP contribution in [0.5, 0.6) is 0 Å². The zero-order valence-corrected chi connectivity index (χ0v) is 13.7. The van der Waals surface area contributed by atoms with Crippen LogP contribution in [0.25, 0.3) is 0 Å². The first kappa shape index (κ1) is 18.4. The van der Waals surface area contributed by atoms with Crippen molar-refractivity contribution < 1.29 is 18.3 Å². The van der Waals surface area contributed by atoms with Crippen LogP contribution in [0.3, 0.4) is 0 Å². The first-order chi connectivity index (χ1) is 10.1. The SMILES string of the molecule is CC(NCCN(C)C(=O)OC(C)(C)C)c1ccc(F)c(F)c1. The number of ether oxygens (including phenoxy) is 1. The van der Waals surface area contributed by atoms with Crippen molar-refractivity contribution in [3.8, 4) is 0 Å². The third-order valence-electron chi connectivity index (χ3n) is 3.05. The molecule has 0 saturated heterocycles. The summed E-state index contributed by atoms with van der Waals surface area (Å²) >= 11 is 0. The second-order valence-electron chi connectivity index (χ2n) is 6.25. The van der Waals surface area contributed by atoms with Crippen LogP contribution < -0.4 is 5.32 Å². The van der Waals surface area contributed by atoms with Crippen molar-refractivity contribution in [1.82, 2.24) is 10.2 Å². The zero-order valence-electron chi connectivity index (χ0n) is 13.7. The van der Waals surface area contributed by atoms with Crippen LogP contribution in [0.4, 0.5) is 13.6 Å². The molecule has 1 N–H and O–H groups in total. The molecule has 1 aromatic carbocycles. The van der Waals surface area contributed by atoms with Gasteiger partial charge in [0.15, 0.2) is 11.6 Å². The number of amides is 1. The van der Waals surface area contributed by atoms with E-state index in [4.69, 9.17) is 4.74 Å². The Bertz CT molecular complexity index is 515. The second kappa shape index (κ2) is 7.54. The summed E-state index contributed by atoms with van der Waals surface area (Å²) in [5.41, 5.74) is 0.122. The number of carbonyl (C=O) groups is 1. The standard InChI is InChI=1S/C16H24F2N2O2/c1-11(12-6-7-13(17)14(18)10-12)19-8-9-20(5)15(21)22-16(2,3)4/h6-7,10-11,19H,8-9H2,1-5H3. The minimum atomic E-state index is -0.864. The molecule has 6 heteroatoms. The average Bonchev–Trinajstić information content (AvgIpc) is 2.39. The molecule has 22 heavy (non-hydrogen) atoms. The van der Waals surface area contributed by atoms with Crippen LogP contribution in [0.2, 0.25) is 0 Å². The Labute approximate surface area is 130 Å². The molecule has 0 radical (unpaired) electrons. The van der Waals surface area contributed by atoms with Gasteiger partial charge in [-0.3, -0.25) is 0 Å². The van der Waals surface area contributed by atoms with E-state index in [-0.39, 0.29) is 6.04 Å². The van der Waals surface area contributed by atoms with Gasteiger partial charge in [-0.25, -0.2) is 13.6 Å². The van der Waals surface area contributed by atoms with Gasteiger partial charge >= 0.3 is 6.09 Å². The van der Waals surface area contributed by atoms with E-state index in [2.05, 4.69) is 5.32 Å². The van der Waals surface area contributed by atoms with Crippen molar-refractivity contribution in [2.24, 2.45) is 0 Å². The van der Waals surface area contributed by atoms with E-state index in [9.17, 15) is 13.6 Å².